The van der Waals surface area contributed by atoms with Crippen LogP contribution in [-0.4, -0.2) is 11.6 Å². The van der Waals surface area contributed by atoms with Gasteiger partial charge in [0.05, 0.1) is 5.56 Å². The normalized spacial score (nSPS) is 11.4. The molecule has 132 valence electrons. The maximum atomic E-state index is 12.6. The maximum absolute atomic E-state index is 12.6. The van der Waals surface area contributed by atoms with Crippen LogP contribution in [0, 0.1) is 0 Å². The smallest absolute Gasteiger partial charge is 0.299 e. The Morgan fingerprint density at radius 1 is 0.920 bits per heavy atom. The van der Waals surface area contributed by atoms with Gasteiger partial charge in [-0.2, -0.15) is 13.2 Å². The molecule has 0 atom stereocenters. The first-order valence-corrected chi connectivity index (χ1v) is 8.09. The van der Waals surface area contributed by atoms with Crippen molar-refractivity contribution in [3.63, 3.8) is 0 Å². The number of hydrogen-bond acceptors (Lipinski definition) is 2. The monoisotopic (exact) mass is 348 g/mol. The summed E-state index contributed by atoms with van der Waals surface area (Å²) in [6.07, 6.45) is -2.68. The Morgan fingerprint density at radius 2 is 1.52 bits per heavy atom. The van der Waals surface area contributed by atoms with Crippen LogP contribution in [0.5, 0.6) is 0 Å². The zero-order chi connectivity index (χ0) is 18.4. The highest BCUT2D eigenvalue weighted by Gasteiger charge is 2.30. The van der Waals surface area contributed by atoms with Gasteiger partial charge in [0.25, 0.3) is 0 Å². The van der Waals surface area contributed by atoms with E-state index in [1.165, 1.54) is 12.1 Å². The third-order valence-corrected chi connectivity index (χ3v) is 3.82. The zero-order valence-corrected chi connectivity index (χ0v) is 13.9. The highest BCUT2D eigenvalue weighted by atomic mass is 19.4. The number of Topliss-reactive ketones (excluding diaryl/α,β-unsaturated/α-hetero) is 2. The summed E-state index contributed by atoms with van der Waals surface area (Å²) in [5.41, 5.74) is 1.05. The van der Waals surface area contributed by atoms with Gasteiger partial charge in [-0.25, -0.2) is 0 Å². The molecule has 2 rings (SSSR count). The van der Waals surface area contributed by atoms with Gasteiger partial charge in [0.1, 0.15) is 5.78 Å². The first-order valence-electron chi connectivity index (χ1n) is 8.09. The Balaban J connectivity index is 2.06. The van der Waals surface area contributed by atoms with Gasteiger partial charge in [0.15, 0.2) is 5.78 Å². The lowest BCUT2D eigenvalue weighted by Gasteiger charge is -2.08. The topological polar surface area (TPSA) is 34.1 Å². The molecule has 0 aliphatic heterocycles. The standard InChI is InChI=1S/C20H19F3O2/c1-2-4-18(24)12-14-5-3-6-15(11-14)13-19(25)16-7-9-17(10-8-16)20(21,22)23/h3,5-11H,2,4,12-13H2,1H3. The highest BCUT2D eigenvalue weighted by molar-refractivity contribution is 5.97. The largest absolute Gasteiger partial charge is 0.416 e. The molecule has 0 heterocycles. The number of halogens is 3. The SMILES string of the molecule is CCCC(=O)Cc1cccc(CC(=O)c2ccc(C(F)(F)F)cc2)c1. The number of ketones is 2. The molecule has 0 aliphatic rings. The van der Waals surface area contributed by atoms with Gasteiger partial charge in [0, 0.05) is 24.8 Å². The van der Waals surface area contributed by atoms with Gasteiger partial charge in [-0.1, -0.05) is 43.3 Å². The number of rotatable bonds is 7. The average molecular weight is 348 g/mol. The summed E-state index contributed by atoms with van der Waals surface area (Å²) in [5, 5.41) is 0. The first kappa shape index (κ1) is 18.9. The van der Waals surface area contributed by atoms with Crippen LogP contribution in [0.4, 0.5) is 13.2 Å². The summed E-state index contributed by atoms with van der Waals surface area (Å²) in [6, 6.07) is 11.4. The molecule has 0 amide bonds. The quantitative estimate of drug-likeness (QED) is 0.657. The van der Waals surface area contributed by atoms with E-state index in [-0.39, 0.29) is 23.6 Å². The highest BCUT2D eigenvalue weighted by Crippen LogP contribution is 2.29. The lowest BCUT2D eigenvalue weighted by molar-refractivity contribution is -0.137. The van der Waals surface area contributed by atoms with Gasteiger partial charge in [-0.05, 0) is 29.7 Å². The summed E-state index contributed by atoms with van der Waals surface area (Å²) in [5.74, 6) is -0.112. The molecule has 0 N–H and O–H groups in total. The average Bonchev–Trinajstić information content (AvgIpc) is 2.54. The van der Waals surface area contributed by atoms with Crippen LogP contribution in [0.1, 0.15) is 46.8 Å². The molecular weight excluding hydrogens is 329 g/mol. The molecule has 0 bridgehead atoms. The number of carbonyl (C=O) groups is 2. The minimum absolute atomic E-state index is 0.0845. The van der Waals surface area contributed by atoms with Crippen LogP contribution in [0.15, 0.2) is 48.5 Å². The van der Waals surface area contributed by atoms with Gasteiger partial charge in [-0.15, -0.1) is 0 Å². The molecule has 0 fully saturated rings. The van der Waals surface area contributed by atoms with Crippen molar-refractivity contribution in [2.75, 3.05) is 0 Å². The van der Waals surface area contributed by atoms with Crippen LogP contribution in [0.2, 0.25) is 0 Å². The van der Waals surface area contributed by atoms with Crippen LogP contribution in [0.25, 0.3) is 0 Å². The zero-order valence-electron chi connectivity index (χ0n) is 13.9. The second-order valence-electron chi connectivity index (χ2n) is 5.96. The third-order valence-electron chi connectivity index (χ3n) is 3.82. The van der Waals surface area contributed by atoms with Crippen molar-refractivity contribution in [1.82, 2.24) is 0 Å². The van der Waals surface area contributed by atoms with Crippen molar-refractivity contribution in [2.24, 2.45) is 0 Å². The van der Waals surface area contributed by atoms with Gasteiger partial charge in [-0.3, -0.25) is 9.59 Å². The van der Waals surface area contributed by atoms with E-state index in [4.69, 9.17) is 0 Å². The van der Waals surface area contributed by atoms with Crippen molar-refractivity contribution in [3.05, 3.63) is 70.8 Å². The first-order chi connectivity index (χ1) is 11.8. The summed E-state index contributed by atoms with van der Waals surface area (Å²) in [7, 11) is 0. The number of alkyl halides is 3. The summed E-state index contributed by atoms with van der Waals surface area (Å²) in [6.45, 7) is 1.94. The lowest BCUT2D eigenvalue weighted by atomic mass is 9.98. The van der Waals surface area contributed by atoms with E-state index in [1.54, 1.807) is 18.2 Å². The molecule has 0 saturated heterocycles. The van der Waals surface area contributed by atoms with Gasteiger partial charge < -0.3 is 0 Å². The lowest BCUT2D eigenvalue weighted by Crippen LogP contribution is -2.08. The molecule has 0 aromatic heterocycles. The van der Waals surface area contributed by atoms with E-state index in [9.17, 15) is 22.8 Å². The molecule has 0 unspecified atom stereocenters. The minimum Gasteiger partial charge on any atom is -0.299 e. The third kappa shape index (κ3) is 5.55. The molecule has 0 saturated carbocycles. The van der Waals surface area contributed by atoms with Crippen LogP contribution < -0.4 is 0 Å². The fraction of sp³-hybridized carbons (Fsp3) is 0.300. The van der Waals surface area contributed by atoms with E-state index in [2.05, 4.69) is 0 Å². The minimum atomic E-state index is -4.42. The van der Waals surface area contributed by atoms with E-state index in [0.29, 0.717) is 12.8 Å². The Hall–Kier alpha value is -2.43. The molecule has 2 aromatic carbocycles. The van der Waals surface area contributed by atoms with Crippen LogP contribution in [0.3, 0.4) is 0 Å². The van der Waals surface area contributed by atoms with Crippen molar-refractivity contribution in [1.29, 1.82) is 0 Å². The Bertz CT molecular complexity index is 746. The fourth-order valence-electron chi connectivity index (χ4n) is 2.58. The molecule has 5 heteroatoms. The Kier molecular flexibility index (Phi) is 6.12. The molecule has 0 aliphatic carbocycles. The van der Waals surface area contributed by atoms with Gasteiger partial charge in [0.2, 0.25) is 0 Å². The van der Waals surface area contributed by atoms with E-state index >= 15 is 0 Å². The predicted octanol–water partition coefficient (Wildman–Crippen LogP) is 5.04. The van der Waals surface area contributed by atoms with E-state index in [0.717, 1.165) is 29.7 Å². The van der Waals surface area contributed by atoms with Crippen LogP contribution in [-0.2, 0) is 23.8 Å². The molecule has 0 spiro atoms. The Labute approximate surface area is 144 Å². The molecular formula is C20H19F3O2. The molecule has 2 nitrogen and oxygen atoms in total. The van der Waals surface area contributed by atoms with E-state index in [1.807, 2.05) is 13.0 Å². The van der Waals surface area contributed by atoms with Crippen LogP contribution >= 0.6 is 0 Å². The number of hydrogen-bond donors (Lipinski definition) is 0. The maximum Gasteiger partial charge on any atom is 0.416 e. The molecule has 0 radical (unpaired) electrons. The van der Waals surface area contributed by atoms with Gasteiger partial charge >= 0.3 is 6.18 Å². The van der Waals surface area contributed by atoms with Crippen molar-refractivity contribution >= 4 is 11.6 Å². The summed E-state index contributed by atoms with van der Waals surface area (Å²) in [4.78, 5) is 24.0. The molecule has 2 aromatic rings. The van der Waals surface area contributed by atoms with Crippen molar-refractivity contribution in [3.8, 4) is 0 Å². The molecule has 25 heavy (non-hydrogen) atoms. The van der Waals surface area contributed by atoms with E-state index < -0.39 is 11.7 Å². The number of benzene rings is 2. The fourth-order valence-corrected chi connectivity index (χ4v) is 2.58. The van der Waals surface area contributed by atoms with Crippen molar-refractivity contribution < 1.29 is 22.8 Å². The van der Waals surface area contributed by atoms with Crippen molar-refractivity contribution in [2.45, 2.75) is 38.8 Å². The number of carbonyl (C=O) groups excluding carboxylic acids is 2. The predicted molar refractivity (Wildman–Crippen MR) is 89.5 cm³/mol. The summed E-state index contributed by atoms with van der Waals surface area (Å²) < 4.78 is 37.7. The second-order valence-corrected chi connectivity index (χ2v) is 5.96. The Morgan fingerprint density at radius 3 is 2.08 bits per heavy atom. The summed E-state index contributed by atoms with van der Waals surface area (Å²) >= 11 is 0. The second kappa shape index (κ2) is 8.10.